The minimum Gasteiger partial charge on any atom is -0.462 e. The smallest absolute Gasteiger partial charge is 0.341 e. The topological polar surface area (TPSA) is 94.3 Å². The molecule has 0 aliphatic heterocycles. The number of esters is 1. The fraction of sp³-hybridized carbons (Fsp3) is 0.182. The third kappa shape index (κ3) is 3.09. The highest BCUT2D eigenvalue weighted by Crippen LogP contribution is 2.25. The third-order valence-electron chi connectivity index (χ3n) is 2.14. The summed E-state index contributed by atoms with van der Waals surface area (Å²) < 4.78 is 4.90. The molecule has 2 aromatic rings. The highest BCUT2D eigenvalue weighted by Gasteiger charge is 2.17. The molecule has 2 aromatic heterocycles. The lowest BCUT2D eigenvalue weighted by Gasteiger charge is -2.04. The largest absolute Gasteiger partial charge is 0.462 e. The van der Waals surface area contributed by atoms with Crippen LogP contribution in [0.25, 0.3) is 0 Å². The number of carbonyl (C=O) groups is 2. The molecule has 8 heteroatoms. The lowest BCUT2D eigenvalue weighted by atomic mass is 10.3. The molecular weight excluding hydrogens is 286 g/mol. The lowest BCUT2D eigenvalue weighted by molar-refractivity contribution is 0.0528. The number of hydrogen-bond donors (Lipinski definition) is 2. The molecule has 0 unspecified atom stereocenters. The van der Waals surface area contributed by atoms with Crippen LogP contribution in [0.15, 0.2) is 16.8 Å². The molecule has 0 atom stereocenters. The summed E-state index contributed by atoms with van der Waals surface area (Å²) in [6.07, 6.45) is 0. The first kappa shape index (κ1) is 13.5. The van der Waals surface area contributed by atoms with Gasteiger partial charge in [0.15, 0.2) is 5.13 Å². The fourth-order valence-electron chi connectivity index (χ4n) is 1.33. The molecule has 2 rings (SSSR count). The molecule has 0 radical (unpaired) electrons. The zero-order chi connectivity index (χ0) is 13.8. The predicted molar refractivity (Wildman–Crippen MR) is 74.8 cm³/mol. The Hall–Kier alpha value is -1.93. The van der Waals surface area contributed by atoms with Gasteiger partial charge in [0.2, 0.25) is 0 Å². The van der Waals surface area contributed by atoms with Gasteiger partial charge in [0, 0.05) is 5.38 Å². The predicted octanol–water partition coefficient (Wildman–Crippen LogP) is 2.22. The van der Waals surface area contributed by atoms with E-state index in [-0.39, 0.29) is 12.3 Å². The minimum atomic E-state index is -0.461. The SMILES string of the molecule is CCOC(=O)c1ccsc1NC(=O)c1csc(N)n1. The van der Waals surface area contributed by atoms with E-state index in [2.05, 4.69) is 10.3 Å². The van der Waals surface area contributed by atoms with Crippen LogP contribution in [-0.4, -0.2) is 23.5 Å². The number of hydrogen-bond acceptors (Lipinski definition) is 7. The van der Waals surface area contributed by atoms with Crippen LogP contribution in [0.3, 0.4) is 0 Å². The number of aromatic nitrogens is 1. The summed E-state index contributed by atoms with van der Waals surface area (Å²) in [5, 5.41) is 6.65. The summed E-state index contributed by atoms with van der Waals surface area (Å²) in [5.74, 6) is -0.863. The summed E-state index contributed by atoms with van der Waals surface area (Å²) in [4.78, 5) is 27.4. The number of rotatable bonds is 4. The van der Waals surface area contributed by atoms with Crippen molar-refractivity contribution in [3.8, 4) is 0 Å². The van der Waals surface area contributed by atoms with Crippen molar-refractivity contribution in [2.75, 3.05) is 17.7 Å². The number of anilines is 2. The van der Waals surface area contributed by atoms with E-state index in [0.29, 0.717) is 15.7 Å². The number of nitrogens with zero attached hydrogens (tertiary/aromatic N) is 1. The van der Waals surface area contributed by atoms with Gasteiger partial charge in [-0.3, -0.25) is 4.79 Å². The summed E-state index contributed by atoms with van der Waals surface area (Å²) >= 11 is 2.43. The van der Waals surface area contributed by atoms with Crippen molar-refractivity contribution < 1.29 is 14.3 Å². The molecule has 100 valence electrons. The van der Waals surface area contributed by atoms with Crippen LogP contribution in [-0.2, 0) is 4.74 Å². The molecule has 0 fully saturated rings. The van der Waals surface area contributed by atoms with Crippen molar-refractivity contribution in [3.05, 3.63) is 28.1 Å². The van der Waals surface area contributed by atoms with Gasteiger partial charge in [0.1, 0.15) is 10.7 Å². The van der Waals surface area contributed by atoms with Gasteiger partial charge in [0.05, 0.1) is 12.2 Å². The second kappa shape index (κ2) is 5.81. The Morgan fingerprint density at radius 1 is 1.47 bits per heavy atom. The molecule has 19 heavy (non-hydrogen) atoms. The van der Waals surface area contributed by atoms with Gasteiger partial charge in [0.25, 0.3) is 5.91 Å². The molecule has 3 N–H and O–H groups in total. The standard InChI is InChI=1S/C11H11N3O3S2/c1-2-17-10(16)6-3-4-18-9(6)14-8(15)7-5-19-11(12)13-7/h3-5H,2H2,1H3,(H2,12,13)(H,14,15). The van der Waals surface area contributed by atoms with E-state index in [0.717, 1.165) is 0 Å². The van der Waals surface area contributed by atoms with Gasteiger partial charge in [-0.2, -0.15) is 0 Å². The molecule has 0 aromatic carbocycles. The van der Waals surface area contributed by atoms with E-state index >= 15 is 0 Å². The summed E-state index contributed by atoms with van der Waals surface area (Å²) in [7, 11) is 0. The Bertz CT molecular complexity index is 606. The fourth-order valence-corrected chi connectivity index (χ4v) is 2.65. The van der Waals surface area contributed by atoms with Gasteiger partial charge >= 0.3 is 5.97 Å². The second-order valence-corrected chi connectivity index (χ2v) is 5.21. The van der Waals surface area contributed by atoms with Crippen molar-refractivity contribution in [1.82, 2.24) is 4.98 Å². The molecule has 2 heterocycles. The monoisotopic (exact) mass is 297 g/mol. The van der Waals surface area contributed by atoms with Gasteiger partial charge in [-0.15, -0.1) is 22.7 Å². The minimum absolute atomic E-state index is 0.228. The number of nitrogens with one attached hydrogen (secondary N) is 1. The number of thiazole rings is 1. The van der Waals surface area contributed by atoms with E-state index in [1.165, 1.54) is 22.7 Å². The molecule has 0 spiro atoms. The molecule has 1 amide bonds. The molecule has 6 nitrogen and oxygen atoms in total. The van der Waals surface area contributed by atoms with Crippen LogP contribution >= 0.6 is 22.7 Å². The zero-order valence-corrected chi connectivity index (χ0v) is 11.6. The first-order valence-electron chi connectivity index (χ1n) is 5.38. The average molecular weight is 297 g/mol. The maximum absolute atomic E-state index is 11.9. The quantitative estimate of drug-likeness (QED) is 0.844. The van der Waals surface area contributed by atoms with Crippen LogP contribution in [0, 0.1) is 0 Å². The van der Waals surface area contributed by atoms with Crippen LogP contribution < -0.4 is 11.1 Å². The zero-order valence-electron chi connectivity index (χ0n) is 10.0. The number of carbonyl (C=O) groups excluding carboxylic acids is 2. The number of nitrogens with two attached hydrogens (primary N) is 1. The lowest BCUT2D eigenvalue weighted by Crippen LogP contribution is -2.14. The molecule has 0 saturated heterocycles. The van der Waals surface area contributed by atoms with Crippen molar-refractivity contribution in [1.29, 1.82) is 0 Å². The van der Waals surface area contributed by atoms with Gasteiger partial charge < -0.3 is 15.8 Å². The first-order chi connectivity index (χ1) is 9.11. The molecule has 0 bridgehead atoms. The van der Waals surface area contributed by atoms with E-state index in [1.807, 2.05) is 0 Å². The average Bonchev–Trinajstić information content (AvgIpc) is 2.98. The molecule has 0 aliphatic rings. The number of thiophene rings is 1. The third-order valence-corrected chi connectivity index (χ3v) is 3.65. The first-order valence-corrected chi connectivity index (χ1v) is 7.14. The van der Waals surface area contributed by atoms with Gasteiger partial charge in [-0.1, -0.05) is 0 Å². The number of nitrogen functional groups attached to an aromatic ring is 1. The molecular formula is C11H11N3O3S2. The Kier molecular flexibility index (Phi) is 4.13. The van der Waals surface area contributed by atoms with Crippen LogP contribution in [0.4, 0.5) is 10.1 Å². The van der Waals surface area contributed by atoms with Gasteiger partial charge in [-0.25, -0.2) is 9.78 Å². The summed E-state index contributed by atoms with van der Waals surface area (Å²) in [6.45, 7) is 2.01. The number of ether oxygens (including phenoxy) is 1. The van der Waals surface area contributed by atoms with Crippen molar-refractivity contribution in [3.63, 3.8) is 0 Å². The maximum Gasteiger partial charge on any atom is 0.341 e. The van der Waals surface area contributed by atoms with Crippen LogP contribution in [0.1, 0.15) is 27.8 Å². The van der Waals surface area contributed by atoms with Crippen molar-refractivity contribution >= 4 is 44.7 Å². The second-order valence-electron chi connectivity index (χ2n) is 3.41. The Morgan fingerprint density at radius 3 is 2.89 bits per heavy atom. The molecule has 0 saturated carbocycles. The normalized spacial score (nSPS) is 10.2. The number of amides is 1. The summed E-state index contributed by atoms with van der Waals surface area (Å²) in [6, 6.07) is 1.60. The van der Waals surface area contributed by atoms with Crippen LogP contribution in [0.5, 0.6) is 0 Å². The maximum atomic E-state index is 11.9. The van der Waals surface area contributed by atoms with E-state index < -0.39 is 11.9 Å². The van der Waals surface area contributed by atoms with Crippen molar-refractivity contribution in [2.45, 2.75) is 6.92 Å². The Balaban J connectivity index is 2.13. The van der Waals surface area contributed by atoms with E-state index in [9.17, 15) is 9.59 Å². The molecule has 0 aliphatic carbocycles. The Morgan fingerprint density at radius 2 is 2.26 bits per heavy atom. The summed E-state index contributed by atoms with van der Waals surface area (Å²) in [5.41, 5.74) is 6.03. The van der Waals surface area contributed by atoms with Crippen molar-refractivity contribution in [2.24, 2.45) is 0 Å². The highest BCUT2D eigenvalue weighted by atomic mass is 32.1. The van der Waals surface area contributed by atoms with Gasteiger partial charge in [-0.05, 0) is 18.4 Å². The highest BCUT2D eigenvalue weighted by molar-refractivity contribution is 7.15. The van der Waals surface area contributed by atoms with Crippen LogP contribution in [0.2, 0.25) is 0 Å². The van der Waals surface area contributed by atoms with E-state index in [4.69, 9.17) is 10.5 Å². The Labute approximate surface area is 117 Å². The van der Waals surface area contributed by atoms with E-state index in [1.54, 1.807) is 23.8 Å².